The van der Waals surface area contributed by atoms with Crippen molar-refractivity contribution in [3.8, 4) is 0 Å². The van der Waals surface area contributed by atoms with Crippen molar-refractivity contribution in [2.75, 3.05) is 25.6 Å². The molecule has 1 atom stereocenters. The molecule has 0 spiro atoms. The lowest BCUT2D eigenvalue weighted by Crippen LogP contribution is -2.28. The van der Waals surface area contributed by atoms with Crippen LogP contribution in [0.25, 0.3) is 0 Å². The lowest BCUT2D eigenvalue weighted by atomic mass is 10.3. The van der Waals surface area contributed by atoms with Crippen molar-refractivity contribution in [1.82, 2.24) is 24.9 Å². The predicted molar refractivity (Wildman–Crippen MR) is 94.6 cm³/mol. The summed E-state index contributed by atoms with van der Waals surface area (Å²) in [6.07, 6.45) is 2.95. The highest BCUT2D eigenvalue weighted by atomic mass is 16.5. The molecule has 0 bridgehead atoms. The largest absolute Gasteiger partial charge is 0.480 e. The van der Waals surface area contributed by atoms with Gasteiger partial charge in [-0.1, -0.05) is 0 Å². The Morgan fingerprint density at radius 3 is 2.67 bits per heavy atom. The molecule has 0 aromatic carbocycles. The first-order valence-electron chi connectivity index (χ1n) is 8.31. The van der Waals surface area contributed by atoms with E-state index in [-0.39, 0.29) is 17.1 Å². The van der Waals surface area contributed by atoms with E-state index in [1.165, 1.54) is 35.7 Å². The molecule has 2 heterocycles. The summed E-state index contributed by atoms with van der Waals surface area (Å²) in [6.45, 7) is 4.46. The van der Waals surface area contributed by atoms with Gasteiger partial charge in [0.15, 0.2) is 11.4 Å². The number of carbonyl (C=O) groups is 3. The number of hydrogen-bond donors (Lipinski definition) is 3. The Morgan fingerprint density at radius 1 is 1.30 bits per heavy atom. The molecular weight excluding hydrogens is 356 g/mol. The summed E-state index contributed by atoms with van der Waals surface area (Å²) in [4.78, 5) is 35.7. The minimum atomic E-state index is -1.07. The van der Waals surface area contributed by atoms with Crippen LogP contribution in [-0.4, -0.2) is 62.7 Å². The van der Waals surface area contributed by atoms with E-state index < -0.39 is 23.8 Å². The molecule has 2 rings (SSSR count). The first-order chi connectivity index (χ1) is 12.9. The zero-order valence-electron chi connectivity index (χ0n) is 15.3. The van der Waals surface area contributed by atoms with Gasteiger partial charge in [-0.05, 0) is 19.9 Å². The molecule has 2 aromatic heterocycles. The number of amides is 2. The Morgan fingerprint density at radius 2 is 2.04 bits per heavy atom. The third-order valence-electron chi connectivity index (χ3n) is 3.74. The highest BCUT2D eigenvalue weighted by molar-refractivity contribution is 6.07. The number of aromatic nitrogens is 4. The highest BCUT2D eigenvalue weighted by Crippen LogP contribution is 2.15. The number of carboxylic acids is 1. The molecule has 0 fully saturated rings. The first kappa shape index (κ1) is 20.1. The Kier molecular flexibility index (Phi) is 6.66. The molecule has 11 heteroatoms. The lowest BCUT2D eigenvalue weighted by molar-refractivity contribution is -0.140. The van der Waals surface area contributed by atoms with Crippen molar-refractivity contribution < 1.29 is 24.2 Å². The molecular formula is C16H22N6O5. The van der Waals surface area contributed by atoms with Crippen LogP contribution >= 0.6 is 0 Å². The monoisotopic (exact) mass is 378 g/mol. The van der Waals surface area contributed by atoms with Crippen LogP contribution in [0.1, 0.15) is 40.9 Å². The summed E-state index contributed by atoms with van der Waals surface area (Å²) in [6, 6.07) is 0.494. The van der Waals surface area contributed by atoms with Crippen molar-refractivity contribution in [1.29, 1.82) is 0 Å². The molecule has 11 nitrogen and oxygen atoms in total. The minimum Gasteiger partial charge on any atom is -0.480 e. The Bertz CT molecular complexity index is 827. The zero-order chi connectivity index (χ0) is 20.0. The predicted octanol–water partition coefficient (Wildman–Crippen LogP) is 0.374. The quantitative estimate of drug-likeness (QED) is 0.536. The molecule has 2 aromatic rings. The van der Waals surface area contributed by atoms with Crippen molar-refractivity contribution in [2.45, 2.75) is 26.4 Å². The number of aryl methyl sites for hydroxylation is 1. The van der Waals surface area contributed by atoms with E-state index in [0.717, 1.165) is 0 Å². The number of hydrogen-bond acceptors (Lipinski definition) is 6. The summed E-state index contributed by atoms with van der Waals surface area (Å²) in [5, 5.41) is 22.4. The summed E-state index contributed by atoms with van der Waals surface area (Å²) in [5.74, 6) is -2.09. The Labute approximate surface area is 155 Å². The van der Waals surface area contributed by atoms with Crippen molar-refractivity contribution in [2.24, 2.45) is 0 Å². The molecule has 27 heavy (non-hydrogen) atoms. The van der Waals surface area contributed by atoms with Gasteiger partial charge in [-0.2, -0.15) is 10.2 Å². The van der Waals surface area contributed by atoms with Gasteiger partial charge in [0.05, 0.1) is 12.3 Å². The molecule has 0 radical (unpaired) electrons. The van der Waals surface area contributed by atoms with Gasteiger partial charge in [0.25, 0.3) is 11.8 Å². The molecule has 1 unspecified atom stereocenters. The van der Waals surface area contributed by atoms with Crippen LogP contribution in [0.5, 0.6) is 0 Å². The molecule has 0 aliphatic rings. The maximum Gasteiger partial charge on any atom is 0.328 e. The normalized spacial score (nSPS) is 11.8. The van der Waals surface area contributed by atoms with Crippen LogP contribution in [0.15, 0.2) is 18.5 Å². The van der Waals surface area contributed by atoms with E-state index in [0.29, 0.717) is 19.7 Å². The van der Waals surface area contributed by atoms with Crippen LogP contribution in [0.2, 0.25) is 0 Å². The standard InChI is InChI=1S/C16H22N6O5/c1-4-21-9-12(13(20-21)15(24)17-6-8-27-3)18-14(23)11-5-7-22(19-11)10(2)16(25)26/h5,7,9-10H,4,6,8H2,1-3H3,(H,17,24)(H,18,23)(H,25,26). The fourth-order valence-corrected chi connectivity index (χ4v) is 2.17. The molecule has 3 N–H and O–H groups in total. The lowest BCUT2D eigenvalue weighted by Gasteiger charge is -2.06. The van der Waals surface area contributed by atoms with Gasteiger partial charge in [-0.15, -0.1) is 0 Å². The van der Waals surface area contributed by atoms with Gasteiger partial charge in [0.1, 0.15) is 6.04 Å². The van der Waals surface area contributed by atoms with E-state index in [1.54, 1.807) is 6.20 Å². The van der Waals surface area contributed by atoms with Crippen molar-refractivity contribution in [3.05, 3.63) is 29.8 Å². The number of nitrogens with zero attached hydrogens (tertiary/aromatic N) is 4. The second kappa shape index (κ2) is 8.94. The number of carboxylic acid groups (broad SMARTS) is 1. The SMILES string of the molecule is CCn1cc(NC(=O)c2ccn(C(C)C(=O)O)n2)c(C(=O)NCCOC)n1. The zero-order valence-corrected chi connectivity index (χ0v) is 15.3. The first-order valence-corrected chi connectivity index (χ1v) is 8.31. The summed E-state index contributed by atoms with van der Waals surface area (Å²) in [5.41, 5.74) is 0.329. The van der Waals surface area contributed by atoms with E-state index in [2.05, 4.69) is 20.8 Å². The maximum absolute atomic E-state index is 12.4. The fraction of sp³-hybridized carbons (Fsp3) is 0.438. The van der Waals surface area contributed by atoms with Gasteiger partial charge in [0.2, 0.25) is 0 Å². The van der Waals surface area contributed by atoms with E-state index in [1.807, 2.05) is 6.92 Å². The number of nitrogens with one attached hydrogen (secondary N) is 2. The average molecular weight is 378 g/mol. The van der Waals surface area contributed by atoms with Gasteiger partial charge in [-0.25, -0.2) is 4.79 Å². The smallest absolute Gasteiger partial charge is 0.328 e. The van der Waals surface area contributed by atoms with Gasteiger partial charge >= 0.3 is 5.97 Å². The number of methoxy groups -OCH3 is 1. The van der Waals surface area contributed by atoms with Crippen molar-refractivity contribution >= 4 is 23.5 Å². The van der Waals surface area contributed by atoms with Crippen LogP contribution < -0.4 is 10.6 Å². The van der Waals surface area contributed by atoms with E-state index >= 15 is 0 Å². The van der Waals surface area contributed by atoms with Crippen LogP contribution in [-0.2, 0) is 16.1 Å². The maximum atomic E-state index is 12.4. The van der Waals surface area contributed by atoms with Crippen LogP contribution in [0, 0.1) is 0 Å². The van der Waals surface area contributed by atoms with Gasteiger partial charge in [-0.3, -0.25) is 19.0 Å². The molecule has 0 aliphatic carbocycles. The fourth-order valence-electron chi connectivity index (χ4n) is 2.17. The highest BCUT2D eigenvalue weighted by Gasteiger charge is 2.21. The van der Waals surface area contributed by atoms with Gasteiger partial charge in [0, 0.05) is 32.6 Å². The van der Waals surface area contributed by atoms with Crippen molar-refractivity contribution in [3.63, 3.8) is 0 Å². The number of rotatable bonds is 9. The second-order valence-electron chi connectivity index (χ2n) is 5.65. The number of anilines is 1. The molecule has 146 valence electrons. The average Bonchev–Trinajstić information content (AvgIpc) is 3.28. The number of carbonyl (C=O) groups excluding carboxylic acids is 2. The summed E-state index contributed by atoms with van der Waals surface area (Å²) >= 11 is 0. The molecule has 0 saturated heterocycles. The second-order valence-corrected chi connectivity index (χ2v) is 5.65. The minimum absolute atomic E-state index is 0.0260. The van der Waals surface area contributed by atoms with Crippen LogP contribution in [0.4, 0.5) is 5.69 Å². The topological polar surface area (TPSA) is 140 Å². The van der Waals surface area contributed by atoms with E-state index in [9.17, 15) is 14.4 Å². The molecule has 2 amide bonds. The third kappa shape index (κ3) is 4.91. The van der Waals surface area contributed by atoms with Gasteiger partial charge < -0.3 is 20.5 Å². The summed E-state index contributed by atoms with van der Waals surface area (Å²) < 4.78 is 7.57. The molecule has 0 saturated carbocycles. The van der Waals surface area contributed by atoms with Crippen LogP contribution in [0.3, 0.4) is 0 Å². The van der Waals surface area contributed by atoms with E-state index in [4.69, 9.17) is 9.84 Å². The molecule has 0 aliphatic heterocycles. The Hall–Kier alpha value is -3.21. The third-order valence-corrected chi connectivity index (χ3v) is 3.74. The number of aliphatic carboxylic acids is 1. The summed E-state index contributed by atoms with van der Waals surface area (Å²) in [7, 11) is 1.52. The Balaban J connectivity index is 2.16. The number of ether oxygens (including phenoxy) is 1.